The lowest BCUT2D eigenvalue weighted by Gasteiger charge is -2.22. The molecule has 11 heteroatoms. The van der Waals surface area contributed by atoms with E-state index in [1.165, 1.54) is 18.9 Å². The molecule has 140 valence electrons. The van der Waals surface area contributed by atoms with Crippen LogP contribution < -0.4 is 10.2 Å². The maximum absolute atomic E-state index is 12.1. The van der Waals surface area contributed by atoms with E-state index in [4.69, 9.17) is 9.47 Å². The van der Waals surface area contributed by atoms with E-state index in [2.05, 4.69) is 9.71 Å². The molecule has 0 unspecified atom stereocenters. The zero-order chi connectivity index (χ0) is 18.7. The molecule has 1 amide bonds. The minimum Gasteiger partial charge on any atom is -0.452 e. The van der Waals surface area contributed by atoms with Gasteiger partial charge in [-0.25, -0.2) is 13.2 Å². The number of amidine groups is 1. The third-order valence-corrected chi connectivity index (χ3v) is 5.98. The van der Waals surface area contributed by atoms with Gasteiger partial charge in [-0.05, 0) is 30.0 Å². The van der Waals surface area contributed by atoms with Crippen LogP contribution >= 0.6 is 11.8 Å². The highest BCUT2D eigenvalue weighted by Crippen LogP contribution is 2.42. The van der Waals surface area contributed by atoms with Gasteiger partial charge in [0.1, 0.15) is 0 Å². The standard InChI is InChI=1S/C15H17N3O6S2/c1-23-6-4-16-13(19)9-24-14(20)10-2-3-11-12(8-10)25-15-17-26(21,22)7-5-18(11)15/h2-3,8H,4-7,9H2,1H3,(H,16,19). The number of nitrogens with one attached hydrogen (secondary N) is 1. The first-order valence-electron chi connectivity index (χ1n) is 7.74. The number of amides is 1. The Morgan fingerprint density at radius 1 is 1.38 bits per heavy atom. The van der Waals surface area contributed by atoms with E-state index in [1.54, 1.807) is 23.1 Å². The van der Waals surface area contributed by atoms with E-state index >= 15 is 0 Å². The number of carbonyl (C=O) groups is 2. The average molecular weight is 399 g/mol. The number of anilines is 1. The molecule has 0 atom stereocenters. The van der Waals surface area contributed by atoms with E-state index in [0.29, 0.717) is 24.9 Å². The second kappa shape index (κ2) is 7.64. The van der Waals surface area contributed by atoms with Gasteiger partial charge in [0, 0.05) is 25.1 Å². The van der Waals surface area contributed by atoms with Gasteiger partial charge in [-0.3, -0.25) is 4.79 Å². The maximum atomic E-state index is 12.1. The van der Waals surface area contributed by atoms with Crippen molar-refractivity contribution in [3.63, 3.8) is 0 Å². The molecule has 0 saturated heterocycles. The fraction of sp³-hybridized carbons (Fsp3) is 0.400. The molecule has 2 aliphatic rings. The number of thioether (sulfide) groups is 1. The zero-order valence-corrected chi connectivity index (χ0v) is 15.6. The number of nitrogens with zero attached hydrogens (tertiary/aromatic N) is 2. The van der Waals surface area contributed by atoms with Gasteiger partial charge in [0.25, 0.3) is 15.9 Å². The Kier molecular flexibility index (Phi) is 5.49. The molecule has 0 bridgehead atoms. The molecular weight excluding hydrogens is 382 g/mol. The molecule has 2 heterocycles. The number of hydrogen-bond acceptors (Lipinski definition) is 8. The van der Waals surface area contributed by atoms with Crippen LogP contribution in [0.3, 0.4) is 0 Å². The first-order valence-corrected chi connectivity index (χ1v) is 10.2. The van der Waals surface area contributed by atoms with Crippen LogP contribution in [-0.2, 0) is 24.3 Å². The van der Waals surface area contributed by atoms with Gasteiger partial charge >= 0.3 is 5.97 Å². The van der Waals surface area contributed by atoms with Gasteiger partial charge in [-0.15, -0.1) is 4.40 Å². The normalized spacial score (nSPS) is 17.1. The smallest absolute Gasteiger partial charge is 0.338 e. The van der Waals surface area contributed by atoms with Crippen LogP contribution in [0.5, 0.6) is 0 Å². The summed E-state index contributed by atoms with van der Waals surface area (Å²) in [5.74, 6) is -1.09. The zero-order valence-electron chi connectivity index (χ0n) is 13.9. The van der Waals surface area contributed by atoms with Crippen molar-refractivity contribution in [2.24, 2.45) is 4.40 Å². The van der Waals surface area contributed by atoms with Crippen molar-refractivity contribution in [3.8, 4) is 0 Å². The fourth-order valence-electron chi connectivity index (χ4n) is 2.42. The number of rotatable bonds is 6. The number of hydrogen-bond donors (Lipinski definition) is 1. The second-order valence-corrected chi connectivity index (χ2v) is 8.28. The Morgan fingerprint density at radius 3 is 2.96 bits per heavy atom. The summed E-state index contributed by atoms with van der Waals surface area (Å²) in [5, 5.41) is 2.93. The first kappa shape index (κ1) is 18.7. The summed E-state index contributed by atoms with van der Waals surface area (Å²) in [6.07, 6.45) is 0. The first-order chi connectivity index (χ1) is 12.4. The molecule has 1 aromatic rings. The van der Waals surface area contributed by atoms with Crippen molar-refractivity contribution in [1.82, 2.24) is 5.32 Å². The number of fused-ring (bicyclic) bond motifs is 3. The fourth-order valence-corrected chi connectivity index (χ4v) is 4.71. The van der Waals surface area contributed by atoms with Crippen LogP contribution in [0, 0.1) is 0 Å². The Hall–Kier alpha value is -2.11. The van der Waals surface area contributed by atoms with E-state index < -0.39 is 21.9 Å². The Balaban J connectivity index is 1.64. The third-order valence-electron chi connectivity index (χ3n) is 3.67. The predicted molar refractivity (Wildman–Crippen MR) is 96.0 cm³/mol. The number of sulfonamides is 1. The lowest BCUT2D eigenvalue weighted by Crippen LogP contribution is -2.35. The molecule has 3 rings (SSSR count). The lowest BCUT2D eigenvalue weighted by atomic mass is 10.2. The second-order valence-electron chi connectivity index (χ2n) is 5.51. The molecule has 0 saturated carbocycles. The van der Waals surface area contributed by atoms with E-state index in [9.17, 15) is 18.0 Å². The highest BCUT2D eigenvalue weighted by molar-refractivity contribution is 8.15. The molecule has 0 radical (unpaired) electrons. The summed E-state index contributed by atoms with van der Waals surface area (Å²) < 4.78 is 36.8. The summed E-state index contributed by atoms with van der Waals surface area (Å²) in [6, 6.07) is 4.91. The lowest BCUT2D eigenvalue weighted by molar-refractivity contribution is -0.124. The molecule has 0 aliphatic carbocycles. The number of carbonyl (C=O) groups excluding carboxylic acids is 2. The summed E-state index contributed by atoms with van der Waals surface area (Å²) in [4.78, 5) is 26.2. The molecule has 0 fully saturated rings. The highest BCUT2D eigenvalue weighted by atomic mass is 32.2. The maximum Gasteiger partial charge on any atom is 0.338 e. The van der Waals surface area contributed by atoms with Crippen molar-refractivity contribution in [2.75, 3.05) is 44.1 Å². The van der Waals surface area contributed by atoms with Crippen LogP contribution in [0.15, 0.2) is 27.5 Å². The molecule has 9 nitrogen and oxygen atoms in total. The molecule has 1 aromatic carbocycles. The summed E-state index contributed by atoms with van der Waals surface area (Å²) in [5.41, 5.74) is 1.08. The average Bonchev–Trinajstić information content (AvgIpc) is 2.94. The van der Waals surface area contributed by atoms with Crippen LogP contribution in [0.1, 0.15) is 10.4 Å². The Morgan fingerprint density at radius 2 is 2.19 bits per heavy atom. The molecular formula is C15H17N3O6S2. The number of benzene rings is 1. The van der Waals surface area contributed by atoms with Gasteiger partial charge < -0.3 is 19.7 Å². The minimum absolute atomic E-state index is 0.0432. The van der Waals surface area contributed by atoms with Gasteiger partial charge in [0.05, 0.1) is 23.6 Å². The van der Waals surface area contributed by atoms with Gasteiger partial charge in [-0.1, -0.05) is 0 Å². The predicted octanol–water partition coefficient (Wildman–Crippen LogP) is 0.217. The van der Waals surface area contributed by atoms with Crippen molar-refractivity contribution in [3.05, 3.63) is 23.8 Å². The van der Waals surface area contributed by atoms with Gasteiger partial charge in [0.15, 0.2) is 11.8 Å². The quantitative estimate of drug-likeness (QED) is 0.534. The largest absolute Gasteiger partial charge is 0.452 e. The Bertz CT molecular complexity index is 868. The molecule has 1 N–H and O–H groups in total. The monoisotopic (exact) mass is 399 g/mol. The van der Waals surface area contributed by atoms with Gasteiger partial charge in [-0.2, -0.15) is 0 Å². The van der Waals surface area contributed by atoms with Crippen LogP contribution in [0.2, 0.25) is 0 Å². The summed E-state index contributed by atoms with van der Waals surface area (Å²) in [7, 11) is -1.91. The van der Waals surface area contributed by atoms with Crippen LogP contribution in [-0.4, -0.2) is 64.6 Å². The Labute approximate surface area is 154 Å². The molecule has 26 heavy (non-hydrogen) atoms. The molecule has 2 aliphatic heterocycles. The van der Waals surface area contributed by atoms with Crippen molar-refractivity contribution >= 4 is 44.5 Å². The van der Waals surface area contributed by atoms with Crippen molar-refractivity contribution in [2.45, 2.75) is 4.90 Å². The van der Waals surface area contributed by atoms with Gasteiger partial charge in [0.2, 0.25) is 0 Å². The molecule has 0 spiro atoms. The van der Waals surface area contributed by atoms with E-state index in [1.807, 2.05) is 0 Å². The molecule has 0 aromatic heterocycles. The number of ether oxygens (including phenoxy) is 2. The highest BCUT2D eigenvalue weighted by Gasteiger charge is 2.33. The van der Waals surface area contributed by atoms with Crippen LogP contribution in [0.4, 0.5) is 5.69 Å². The number of esters is 1. The van der Waals surface area contributed by atoms with E-state index in [-0.39, 0.29) is 17.9 Å². The third kappa shape index (κ3) is 4.17. The van der Waals surface area contributed by atoms with E-state index in [0.717, 1.165) is 10.6 Å². The van der Waals surface area contributed by atoms with Crippen molar-refractivity contribution in [1.29, 1.82) is 0 Å². The summed E-state index contributed by atoms with van der Waals surface area (Å²) in [6.45, 7) is 0.650. The SMILES string of the molecule is COCCNC(=O)COC(=O)c1ccc2c(c1)SC1=NS(=O)(=O)CCN12. The minimum atomic E-state index is -3.43. The van der Waals surface area contributed by atoms with Crippen LogP contribution in [0.25, 0.3) is 0 Å². The topological polar surface area (TPSA) is 114 Å². The number of methoxy groups -OCH3 is 1. The van der Waals surface area contributed by atoms with Crippen molar-refractivity contribution < 1.29 is 27.5 Å². The summed E-state index contributed by atoms with van der Waals surface area (Å²) >= 11 is 1.19.